The number of rotatable bonds is 6. The van der Waals surface area contributed by atoms with E-state index in [4.69, 9.17) is 4.74 Å². The third kappa shape index (κ3) is 3.42. The van der Waals surface area contributed by atoms with E-state index in [0.717, 1.165) is 24.6 Å². The lowest BCUT2D eigenvalue weighted by atomic mass is 9.92. The largest absolute Gasteiger partial charge is 0.496 e. The summed E-state index contributed by atoms with van der Waals surface area (Å²) in [5.41, 5.74) is 1.32. The highest BCUT2D eigenvalue weighted by Gasteiger charge is 2.25. The standard InChI is InChI=1S/C15H23NOS/c1-3-16-14(13-8-9-18-11-13)10-12-6-4-5-7-15(12)17-2/h4-7,13-14,16H,3,8-11H2,1-2H3. The first-order valence-corrected chi connectivity index (χ1v) is 7.93. The summed E-state index contributed by atoms with van der Waals surface area (Å²) in [6.45, 7) is 3.23. The molecule has 1 heterocycles. The summed E-state index contributed by atoms with van der Waals surface area (Å²) in [5, 5.41) is 3.66. The van der Waals surface area contributed by atoms with Crippen molar-refractivity contribution in [3.63, 3.8) is 0 Å². The summed E-state index contributed by atoms with van der Waals surface area (Å²) in [5.74, 6) is 4.44. The van der Waals surface area contributed by atoms with Crippen LogP contribution in [0.1, 0.15) is 18.9 Å². The van der Waals surface area contributed by atoms with Crippen LogP contribution in [0.15, 0.2) is 24.3 Å². The molecule has 0 amide bonds. The molecule has 2 nitrogen and oxygen atoms in total. The summed E-state index contributed by atoms with van der Waals surface area (Å²) in [7, 11) is 1.76. The first-order valence-electron chi connectivity index (χ1n) is 6.78. The topological polar surface area (TPSA) is 21.3 Å². The zero-order valence-corrected chi connectivity index (χ0v) is 12.1. The number of thioether (sulfide) groups is 1. The minimum atomic E-state index is 0.585. The second kappa shape index (κ2) is 7.05. The third-order valence-corrected chi connectivity index (χ3v) is 4.82. The van der Waals surface area contributed by atoms with Crippen LogP contribution in [0.5, 0.6) is 5.75 Å². The van der Waals surface area contributed by atoms with Crippen LogP contribution in [0.25, 0.3) is 0 Å². The van der Waals surface area contributed by atoms with Gasteiger partial charge in [0.2, 0.25) is 0 Å². The molecule has 1 fully saturated rings. The molecule has 1 saturated heterocycles. The molecular formula is C15H23NOS. The molecule has 0 aromatic heterocycles. The molecule has 2 atom stereocenters. The fourth-order valence-electron chi connectivity index (χ4n) is 2.65. The number of hydrogen-bond donors (Lipinski definition) is 1. The molecule has 0 aliphatic carbocycles. The SMILES string of the molecule is CCNC(Cc1ccccc1OC)C1CCSC1. The minimum Gasteiger partial charge on any atom is -0.496 e. The highest BCUT2D eigenvalue weighted by atomic mass is 32.2. The Kier molecular flexibility index (Phi) is 5.39. The van der Waals surface area contributed by atoms with E-state index >= 15 is 0 Å². The molecule has 100 valence electrons. The molecule has 3 heteroatoms. The Morgan fingerprint density at radius 3 is 2.94 bits per heavy atom. The zero-order valence-electron chi connectivity index (χ0n) is 11.3. The number of para-hydroxylation sites is 1. The average Bonchev–Trinajstić information content (AvgIpc) is 2.92. The molecule has 0 bridgehead atoms. The fraction of sp³-hybridized carbons (Fsp3) is 0.600. The van der Waals surface area contributed by atoms with E-state index in [1.54, 1.807) is 7.11 Å². The van der Waals surface area contributed by atoms with Crippen molar-refractivity contribution < 1.29 is 4.74 Å². The smallest absolute Gasteiger partial charge is 0.122 e. The van der Waals surface area contributed by atoms with E-state index in [0.29, 0.717) is 6.04 Å². The van der Waals surface area contributed by atoms with Gasteiger partial charge in [0, 0.05) is 6.04 Å². The molecule has 0 saturated carbocycles. The normalized spacial score (nSPS) is 20.9. The van der Waals surface area contributed by atoms with Crippen molar-refractivity contribution in [1.29, 1.82) is 0 Å². The molecule has 1 aliphatic rings. The van der Waals surface area contributed by atoms with Gasteiger partial charge in [0.05, 0.1) is 7.11 Å². The van der Waals surface area contributed by atoms with Gasteiger partial charge in [0.15, 0.2) is 0 Å². The molecule has 2 rings (SSSR count). The molecule has 0 radical (unpaired) electrons. The van der Waals surface area contributed by atoms with Crippen molar-refractivity contribution in [2.24, 2.45) is 5.92 Å². The van der Waals surface area contributed by atoms with E-state index in [2.05, 4.69) is 42.2 Å². The monoisotopic (exact) mass is 265 g/mol. The van der Waals surface area contributed by atoms with Crippen LogP contribution in [-0.4, -0.2) is 31.2 Å². The van der Waals surface area contributed by atoms with Crippen molar-refractivity contribution in [3.05, 3.63) is 29.8 Å². The van der Waals surface area contributed by atoms with Crippen molar-refractivity contribution in [2.75, 3.05) is 25.2 Å². The van der Waals surface area contributed by atoms with Gasteiger partial charge in [-0.25, -0.2) is 0 Å². The Hall–Kier alpha value is -0.670. The Morgan fingerprint density at radius 2 is 2.28 bits per heavy atom. The first-order chi connectivity index (χ1) is 8.85. The summed E-state index contributed by atoms with van der Waals surface area (Å²) < 4.78 is 5.45. The zero-order chi connectivity index (χ0) is 12.8. The number of likely N-dealkylation sites (N-methyl/N-ethyl adjacent to an activating group) is 1. The molecule has 1 aliphatic heterocycles. The number of hydrogen-bond acceptors (Lipinski definition) is 3. The Bertz CT molecular complexity index is 363. The molecule has 2 unspecified atom stereocenters. The van der Waals surface area contributed by atoms with Crippen molar-refractivity contribution >= 4 is 11.8 Å². The van der Waals surface area contributed by atoms with Crippen molar-refractivity contribution in [1.82, 2.24) is 5.32 Å². The molecule has 18 heavy (non-hydrogen) atoms. The maximum absolute atomic E-state index is 5.45. The van der Waals surface area contributed by atoms with Gasteiger partial charge in [-0.05, 0) is 48.4 Å². The predicted octanol–water partition coefficient (Wildman–Crippen LogP) is 2.97. The van der Waals surface area contributed by atoms with Crippen LogP contribution in [0.2, 0.25) is 0 Å². The van der Waals surface area contributed by atoms with Gasteiger partial charge in [-0.2, -0.15) is 11.8 Å². The first kappa shape index (κ1) is 13.8. The van der Waals surface area contributed by atoms with Gasteiger partial charge in [0.1, 0.15) is 5.75 Å². The van der Waals surface area contributed by atoms with Crippen LogP contribution in [0.3, 0.4) is 0 Å². The van der Waals surface area contributed by atoms with Crippen LogP contribution in [0, 0.1) is 5.92 Å². The van der Waals surface area contributed by atoms with E-state index in [-0.39, 0.29) is 0 Å². The molecule has 1 aromatic carbocycles. The van der Waals surface area contributed by atoms with Gasteiger partial charge < -0.3 is 10.1 Å². The second-order valence-electron chi connectivity index (χ2n) is 4.80. The van der Waals surface area contributed by atoms with Gasteiger partial charge in [0.25, 0.3) is 0 Å². The number of nitrogens with one attached hydrogen (secondary N) is 1. The van der Waals surface area contributed by atoms with Crippen LogP contribution in [-0.2, 0) is 6.42 Å². The minimum absolute atomic E-state index is 0.585. The lowest BCUT2D eigenvalue weighted by Crippen LogP contribution is -2.38. The predicted molar refractivity (Wildman–Crippen MR) is 79.6 cm³/mol. The summed E-state index contributed by atoms with van der Waals surface area (Å²) in [4.78, 5) is 0. The van der Waals surface area contributed by atoms with Crippen molar-refractivity contribution in [3.8, 4) is 5.75 Å². The highest BCUT2D eigenvalue weighted by Crippen LogP contribution is 2.29. The van der Waals surface area contributed by atoms with Crippen LogP contribution >= 0.6 is 11.8 Å². The van der Waals surface area contributed by atoms with Crippen LogP contribution in [0.4, 0.5) is 0 Å². The maximum Gasteiger partial charge on any atom is 0.122 e. The Labute approximate surface area is 114 Å². The number of methoxy groups -OCH3 is 1. The highest BCUT2D eigenvalue weighted by molar-refractivity contribution is 7.99. The van der Waals surface area contributed by atoms with E-state index in [1.165, 1.54) is 23.5 Å². The lowest BCUT2D eigenvalue weighted by molar-refractivity contribution is 0.372. The van der Waals surface area contributed by atoms with Crippen LogP contribution < -0.4 is 10.1 Å². The molecule has 0 spiro atoms. The Balaban J connectivity index is 2.07. The molecular weight excluding hydrogens is 242 g/mol. The second-order valence-corrected chi connectivity index (χ2v) is 5.95. The van der Waals surface area contributed by atoms with E-state index in [9.17, 15) is 0 Å². The van der Waals surface area contributed by atoms with Gasteiger partial charge in [-0.1, -0.05) is 25.1 Å². The molecule has 1 aromatic rings. The maximum atomic E-state index is 5.45. The van der Waals surface area contributed by atoms with E-state index < -0.39 is 0 Å². The summed E-state index contributed by atoms with van der Waals surface area (Å²) >= 11 is 2.09. The summed E-state index contributed by atoms with van der Waals surface area (Å²) in [6.07, 6.45) is 2.42. The quantitative estimate of drug-likeness (QED) is 0.854. The summed E-state index contributed by atoms with van der Waals surface area (Å²) in [6, 6.07) is 8.97. The van der Waals surface area contributed by atoms with Gasteiger partial charge in [-0.3, -0.25) is 0 Å². The fourth-order valence-corrected chi connectivity index (χ4v) is 3.98. The molecule has 1 N–H and O–H groups in total. The number of benzene rings is 1. The lowest BCUT2D eigenvalue weighted by Gasteiger charge is -2.24. The third-order valence-electron chi connectivity index (χ3n) is 3.63. The van der Waals surface area contributed by atoms with Gasteiger partial charge >= 0.3 is 0 Å². The average molecular weight is 265 g/mol. The Morgan fingerprint density at radius 1 is 1.44 bits per heavy atom. The number of ether oxygens (including phenoxy) is 1. The van der Waals surface area contributed by atoms with Gasteiger partial charge in [-0.15, -0.1) is 0 Å². The van der Waals surface area contributed by atoms with Crippen molar-refractivity contribution in [2.45, 2.75) is 25.8 Å². The van der Waals surface area contributed by atoms with E-state index in [1.807, 2.05) is 6.07 Å².